The molecule has 5 nitrogen and oxygen atoms in total. The molecule has 0 spiro atoms. The molecule has 1 N–H and O–H groups in total. The van der Waals surface area contributed by atoms with Crippen LogP contribution >= 0.6 is 0 Å². The van der Waals surface area contributed by atoms with Gasteiger partial charge in [0, 0.05) is 37.4 Å². The van der Waals surface area contributed by atoms with Gasteiger partial charge >= 0.3 is 0 Å². The van der Waals surface area contributed by atoms with E-state index in [1.54, 1.807) is 17.9 Å². The highest BCUT2D eigenvalue weighted by Gasteiger charge is 2.24. The number of halogens is 2. The number of rotatable bonds is 4. The minimum Gasteiger partial charge on any atom is -0.348 e. The highest BCUT2D eigenvalue weighted by molar-refractivity contribution is 5.95. The van der Waals surface area contributed by atoms with E-state index in [2.05, 4.69) is 10.4 Å². The van der Waals surface area contributed by atoms with Crippen LogP contribution in [0.2, 0.25) is 0 Å². The number of piperidine rings is 1. The molecule has 1 atom stereocenters. The molecule has 1 aromatic heterocycles. The Balaban J connectivity index is 1.63. The van der Waals surface area contributed by atoms with Crippen molar-refractivity contribution in [2.75, 3.05) is 13.1 Å². The second-order valence-corrected chi connectivity index (χ2v) is 6.52. The highest BCUT2D eigenvalue weighted by atomic mass is 19.1. The molecule has 1 saturated heterocycles. The first-order valence-electron chi connectivity index (χ1n) is 8.40. The van der Waals surface area contributed by atoms with Crippen LogP contribution in [0.15, 0.2) is 24.4 Å². The van der Waals surface area contributed by atoms with Gasteiger partial charge in [-0.2, -0.15) is 5.10 Å². The number of carbonyl (C=O) groups is 1. The first-order chi connectivity index (χ1) is 12.0. The lowest BCUT2D eigenvalue weighted by Gasteiger charge is -2.33. The van der Waals surface area contributed by atoms with Crippen LogP contribution in [-0.4, -0.2) is 39.7 Å². The maximum absolute atomic E-state index is 13.8. The van der Waals surface area contributed by atoms with Gasteiger partial charge in [0.05, 0.1) is 11.8 Å². The number of benzene rings is 1. The van der Waals surface area contributed by atoms with Gasteiger partial charge < -0.3 is 5.32 Å². The molecule has 0 bridgehead atoms. The van der Waals surface area contributed by atoms with Crippen molar-refractivity contribution in [3.63, 3.8) is 0 Å². The molecule has 134 valence electrons. The third-order valence-corrected chi connectivity index (χ3v) is 4.76. The van der Waals surface area contributed by atoms with E-state index in [9.17, 15) is 13.6 Å². The Morgan fingerprint density at radius 2 is 2.08 bits per heavy atom. The molecule has 2 aromatic rings. The summed E-state index contributed by atoms with van der Waals surface area (Å²) in [5.41, 5.74) is 1.44. The Morgan fingerprint density at radius 1 is 1.36 bits per heavy atom. The molecule has 0 aliphatic carbocycles. The van der Waals surface area contributed by atoms with Gasteiger partial charge in [0.1, 0.15) is 11.6 Å². The van der Waals surface area contributed by atoms with Crippen molar-refractivity contribution in [1.29, 1.82) is 0 Å². The molecule has 2 heterocycles. The van der Waals surface area contributed by atoms with Gasteiger partial charge in [-0.05, 0) is 38.4 Å². The summed E-state index contributed by atoms with van der Waals surface area (Å²) < 4.78 is 29.3. The maximum Gasteiger partial charge on any atom is 0.255 e. The van der Waals surface area contributed by atoms with Gasteiger partial charge in [0.15, 0.2) is 0 Å². The van der Waals surface area contributed by atoms with E-state index in [0.29, 0.717) is 12.1 Å². The predicted molar refractivity (Wildman–Crippen MR) is 90.1 cm³/mol. The third-order valence-electron chi connectivity index (χ3n) is 4.76. The fourth-order valence-electron chi connectivity index (χ4n) is 3.21. The Bertz CT molecular complexity index is 754. The average Bonchev–Trinajstić information content (AvgIpc) is 2.91. The summed E-state index contributed by atoms with van der Waals surface area (Å²) in [5.74, 6) is -1.22. The number of hydrogen-bond acceptors (Lipinski definition) is 3. The van der Waals surface area contributed by atoms with Crippen molar-refractivity contribution in [3.05, 3.63) is 52.9 Å². The van der Waals surface area contributed by atoms with Crippen molar-refractivity contribution in [1.82, 2.24) is 20.0 Å². The molecule has 1 aliphatic heterocycles. The molecule has 25 heavy (non-hydrogen) atoms. The molecule has 1 amide bonds. The van der Waals surface area contributed by atoms with Crippen LogP contribution in [0.5, 0.6) is 0 Å². The van der Waals surface area contributed by atoms with Crippen LogP contribution in [0.1, 0.15) is 34.5 Å². The lowest BCUT2D eigenvalue weighted by molar-refractivity contribution is 0.0898. The number of aromatic nitrogens is 2. The first-order valence-corrected chi connectivity index (χ1v) is 8.40. The van der Waals surface area contributed by atoms with E-state index in [1.807, 2.05) is 11.8 Å². The molecule has 1 aliphatic rings. The SMILES string of the molecule is Cc1c(C(=O)N[C@H]2CCCN(Cc3c(F)cccc3F)C2)cnn1C. The van der Waals surface area contributed by atoms with E-state index in [1.165, 1.54) is 18.2 Å². The number of amides is 1. The van der Waals surface area contributed by atoms with Gasteiger partial charge in [0.25, 0.3) is 5.91 Å². The van der Waals surface area contributed by atoms with E-state index in [-0.39, 0.29) is 24.1 Å². The summed E-state index contributed by atoms with van der Waals surface area (Å²) in [6.07, 6.45) is 3.27. The highest BCUT2D eigenvalue weighted by Crippen LogP contribution is 2.18. The molecular weight excluding hydrogens is 326 g/mol. The van der Waals surface area contributed by atoms with Crippen molar-refractivity contribution in [2.45, 2.75) is 32.4 Å². The second kappa shape index (κ2) is 7.31. The van der Waals surface area contributed by atoms with Gasteiger partial charge in [0.2, 0.25) is 0 Å². The van der Waals surface area contributed by atoms with Crippen LogP contribution in [0, 0.1) is 18.6 Å². The quantitative estimate of drug-likeness (QED) is 0.923. The van der Waals surface area contributed by atoms with E-state index >= 15 is 0 Å². The minimum atomic E-state index is -0.530. The summed E-state index contributed by atoms with van der Waals surface area (Å²) in [7, 11) is 1.79. The largest absolute Gasteiger partial charge is 0.348 e. The summed E-state index contributed by atoms with van der Waals surface area (Å²) in [5, 5.41) is 7.10. The van der Waals surface area contributed by atoms with Gasteiger partial charge in [-0.3, -0.25) is 14.4 Å². The maximum atomic E-state index is 13.8. The number of nitrogens with zero attached hydrogens (tertiary/aromatic N) is 3. The van der Waals surface area contributed by atoms with Crippen LogP contribution in [0.4, 0.5) is 8.78 Å². The van der Waals surface area contributed by atoms with Gasteiger partial charge in [-0.15, -0.1) is 0 Å². The minimum absolute atomic E-state index is 0.0457. The molecule has 3 rings (SSSR count). The lowest BCUT2D eigenvalue weighted by Crippen LogP contribution is -2.47. The summed E-state index contributed by atoms with van der Waals surface area (Å²) in [4.78, 5) is 14.4. The fourth-order valence-corrected chi connectivity index (χ4v) is 3.21. The normalized spacial score (nSPS) is 18.3. The molecular formula is C18H22F2N4O. The number of carbonyl (C=O) groups excluding carboxylic acids is 1. The summed E-state index contributed by atoms with van der Waals surface area (Å²) >= 11 is 0. The molecule has 0 saturated carbocycles. The Morgan fingerprint density at radius 3 is 2.72 bits per heavy atom. The predicted octanol–water partition coefficient (Wildman–Crippen LogP) is 2.40. The number of nitrogens with one attached hydrogen (secondary N) is 1. The lowest BCUT2D eigenvalue weighted by atomic mass is 10.0. The Hall–Kier alpha value is -2.28. The fraction of sp³-hybridized carbons (Fsp3) is 0.444. The van der Waals surface area contributed by atoms with Gasteiger partial charge in [-0.25, -0.2) is 8.78 Å². The third kappa shape index (κ3) is 3.87. The molecule has 1 fully saturated rings. The standard InChI is InChI=1S/C18H22F2N4O/c1-12-14(9-21-23(12)2)18(25)22-13-5-4-8-24(10-13)11-15-16(19)6-3-7-17(15)20/h3,6-7,9,13H,4-5,8,10-11H2,1-2H3,(H,22,25)/t13-/m0/s1. The zero-order chi connectivity index (χ0) is 18.0. The van der Waals surface area contributed by atoms with Crippen LogP contribution in [0.3, 0.4) is 0 Å². The second-order valence-electron chi connectivity index (χ2n) is 6.52. The van der Waals surface area contributed by atoms with Crippen LogP contribution < -0.4 is 5.32 Å². The number of aryl methyl sites for hydroxylation is 1. The average molecular weight is 348 g/mol. The zero-order valence-corrected chi connectivity index (χ0v) is 14.4. The van der Waals surface area contributed by atoms with Crippen molar-refractivity contribution < 1.29 is 13.6 Å². The topological polar surface area (TPSA) is 50.2 Å². The summed E-state index contributed by atoms with van der Waals surface area (Å²) in [6.45, 7) is 3.37. The smallest absolute Gasteiger partial charge is 0.255 e. The van der Waals surface area contributed by atoms with Gasteiger partial charge in [-0.1, -0.05) is 6.07 Å². The number of likely N-dealkylation sites (tertiary alicyclic amines) is 1. The van der Waals surface area contributed by atoms with Crippen molar-refractivity contribution in [2.24, 2.45) is 7.05 Å². The van der Waals surface area contributed by atoms with E-state index in [4.69, 9.17) is 0 Å². The molecule has 0 unspecified atom stereocenters. The van der Waals surface area contributed by atoms with E-state index < -0.39 is 11.6 Å². The Labute approximate surface area is 145 Å². The Kier molecular flexibility index (Phi) is 5.13. The molecule has 1 aromatic carbocycles. The van der Waals surface area contributed by atoms with Crippen LogP contribution in [-0.2, 0) is 13.6 Å². The summed E-state index contributed by atoms with van der Waals surface area (Å²) in [6, 6.07) is 3.86. The molecule has 0 radical (unpaired) electrons. The van der Waals surface area contributed by atoms with Crippen molar-refractivity contribution in [3.8, 4) is 0 Å². The van der Waals surface area contributed by atoms with Crippen LogP contribution in [0.25, 0.3) is 0 Å². The molecule has 7 heteroatoms. The number of hydrogen-bond donors (Lipinski definition) is 1. The zero-order valence-electron chi connectivity index (χ0n) is 14.4. The van der Waals surface area contributed by atoms with E-state index in [0.717, 1.165) is 25.1 Å². The monoisotopic (exact) mass is 348 g/mol. The van der Waals surface area contributed by atoms with Crippen molar-refractivity contribution >= 4 is 5.91 Å². The first kappa shape index (κ1) is 17.5.